The molecule has 0 saturated heterocycles. The lowest BCUT2D eigenvalue weighted by Crippen LogP contribution is -2.20. The number of benzene rings is 2. The van der Waals surface area contributed by atoms with Crippen molar-refractivity contribution in [1.82, 2.24) is 9.78 Å². The molecule has 1 unspecified atom stereocenters. The zero-order chi connectivity index (χ0) is 14.8. The van der Waals surface area contributed by atoms with Crippen LogP contribution in [0.15, 0.2) is 54.7 Å². The highest BCUT2D eigenvalue weighted by Crippen LogP contribution is 2.24. The number of aliphatic carboxylic acids is 1. The summed E-state index contributed by atoms with van der Waals surface area (Å²) >= 11 is 0. The highest BCUT2D eigenvalue weighted by atomic mass is 16.5. The first-order valence-corrected chi connectivity index (χ1v) is 6.49. The first kappa shape index (κ1) is 13.2. The minimum absolute atomic E-state index is 0.685. The summed E-state index contributed by atoms with van der Waals surface area (Å²) in [5, 5.41) is 14.8. The van der Waals surface area contributed by atoms with Crippen LogP contribution in [0.25, 0.3) is 10.9 Å². The Labute approximate surface area is 121 Å². The van der Waals surface area contributed by atoms with Crippen LogP contribution < -0.4 is 4.74 Å². The second-order valence-corrected chi connectivity index (χ2v) is 4.69. The number of hydrogen-bond acceptors (Lipinski definition) is 3. The lowest BCUT2D eigenvalue weighted by Gasteiger charge is -2.12. The summed E-state index contributed by atoms with van der Waals surface area (Å²) in [7, 11) is 1.59. The predicted octanol–water partition coefficient (Wildman–Crippen LogP) is 2.72. The zero-order valence-electron chi connectivity index (χ0n) is 11.4. The average molecular weight is 282 g/mol. The number of carboxylic acid groups (broad SMARTS) is 1. The maximum atomic E-state index is 11.6. The number of rotatable bonds is 4. The van der Waals surface area contributed by atoms with E-state index in [1.807, 2.05) is 30.3 Å². The van der Waals surface area contributed by atoms with Crippen molar-refractivity contribution in [2.75, 3.05) is 7.11 Å². The van der Waals surface area contributed by atoms with Crippen LogP contribution in [-0.2, 0) is 4.79 Å². The van der Waals surface area contributed by atoms with Crippen molar-refractivity contribution in [3.8, 4) is 5.75 Å². The predicted molar refractivity (Wildman–Crippen MR) is 78.5 cm³/mol. The van der Waals surface area contributed by atoms with Crippen molar-refractivity contribution >= 4 is 16.9 Å². The Balaban J connectivity index is 2.10. The van der Waals surface area contributed by atoms with Gasteiger partial charge in [0.15, 0.2) is 6.04 Å². The van der Waals surface area contributed by atoms with Crippen LogP contribution in [-0.4, -0.2) is 28.0 Å². The fourth-order valence-electron chi connectivity index (χ4n) is 2.32. The molecule has 0 fully saturated rings. The fraction of sp³-hybridized carbons (Fsp3) is 0.125. The molecule has 5 nitrogen and oxygen atoms in total. The quantitative estimate of drug-likeness (QED) is 0.799. The molecule has 0 saturated carbocycles. The van der Waals surface area contributed by atoms with E-state index in [1.54, 1.807) is 31.5 Å². The molecule has 0 radical (unpaired) electrons. The highest BCUT2D eigenvalue weighted by Gasteiger charge is 2.22. The average Bonchev–Trinajstić information content (AvgIpc) is 2.90. The largest absolute Gasteiger partial charge is 0.497 e. The Morgan fingerprint density at radius 1 is 1.24 bits per heavy atom. The molecule has 2 aromatic carbocycles. The van der Waals surface area contributed by atoms with E-state index in [-0.39, 0.29) is 0 Å². The summed E-state index contributed by atoms with van der Waals surface area (Å²) in [4.78, 5) is 11.6. The standard InChI is InChI=1S/C16H14N2O3/c1-21-13-8-7-12-10-18(17-14(12)9-13)15(16(19)20)11-5-3-2-4-6-11/h2-10,15H,1H3,(H,19,20). The number of aromatic nitrogens is 2. The van der Waals surface area contributed by atoms with Gasteiger partial charge in [0.2, 0.25) is 0 Å². The molecular weight excluding hydrogens is 268 g/mol. The SMILES string of the molecule is COc1ccc2cn(C(C(=O)O)c3ccccc3)nc2c1. The van der Waals surface area contributed by atoms with E-state index in [1.165, 1.54) is 4.68 Å². The number of ether oxygens (including phenoxy) is 1. The molecule has 1 atom stereocenters. The molecule has 0 aliphatic heterocycles. The van der Waals surface area contributed by atoms with Crippen LogP contribution in [0.2, 0.25) is 0 Å². The van der Waals surface area contributed by atoms with Gasteiger partial charge in [-0.05, 0) is 17.7 Å². The molecule has 1 aromatic heterocycles. The van der Waals surface area contributed by atoms with Gasteiger partial charge in [-0.1, -0.05) is 30.3 Å². The van der Waals surface area contributed by atoms with E-state index < -0.39 is 12.0 Å². The van der Waals surface area contributed by atoms with E-state index in [0.717, 1.165) is 5.39 Å². The summed E-state index contributed by atoms with van der Waals surface area (Å²) in [6, 6.07) is 13.7. The number of hydrogen-bond donors (Lipinski definition) is 1. The Hall–Kier alpha value is -2.82. The van der Waals surface area contributed by atoms with E-state index in [0.29, 0.717) is 16.8 Å². The number of fused-ring (bicyclic) bond motifs is 1. The smallest absolute Gasteiger partial charge is 0.333 e. The summed E-state index contributed by atoms with van der Waals surface area (Å²) in [5.74, 6) is -0.250. The van der Waals surface area contributed by atoms with Crippen LogP contribution in [0.4, 0.5) is 0 Å². The third-order valence-electron chi connectivity index (χ3n) is 3.35. The Kier molecular flexibility index (Phi) is 3.31. The van der Waals surface area contributed by atoms with E-state index in [4.69, 9.17) is 4.74 Å². The van der Waals surface area contributed by atoms with Crippen LogP contribution >= 0.6 is 0 Å². The van der Waals surface area contributed by atoms with Crippen LogP contribution in [0, 0.1) is 0 Å². The topological polar surface area (TPSA) is 64.3 Å². The van der Waals surface area contributed by atoms with Gasteiger partial charge in [-0.15, -0.1) is 0 Å². The number of nitrogens with zero attached hydrogens (tertiary/aromatic N) is 2. The monoisotopic (exact) mass is 282 g/mol. The first-order valence-electron chi connectivity index (χ1n) is 6.49. The fourth-order valence-corrected chi connectivity index (χ4v) is 2.32. The Bertz CT molecular complexity index is 781. The van der Waals surface area contributed by atoms with Gasteiger partial charge in [0.05, 0.1) is 12.6 Å². The van der Waals surface area contributed by atoms with Crippen molar-refractivity contribution in [2.24, 2.45) is 0 Å². The number of carbonyl (C=O) groups is 1. The Morgan fingerprint density at radius 3 is 2.67 bits per heavy atom. The zero-order valence-corrected chi connectivity index (χ0v) is 11.4. The van der Waals surface area contributed by atoms with E-state index >= 15 is 0 Å². The molecular formula is C16H14N2O3. The van der Waals surface area contributed by atoms with Crippen LogP contribution in [0.5, 0.6) is 5.75 Å². The molecule has 0 spiro atoms. The van der Waals surface area contributed by atoms with Gasteiger partial charge < -0.3 is 9.84 Å². The van der Waals surface area contributed by atoms with Gasteiger partial charge in [-0.3, -0.25) is 4.68 Å². The Morgan fingerprint density at radius 2 is 2.00 bits per heavy atom. The van der Waals surface area contributed by atoms with Crippen molar-refractivity contribution in [3.63, 3.8) is 0 Å². The molecule has 5 heteroatoms. The molecule has 3 aromatic rings. The van der Waals surface area contributed by atoms with Crippen molar-refractivity contribution in [1.29, 1.82) is 0 Å². The maximum Gasteiger partial charge on any atom is 0.333 e. The molecule has 1 N–H and O–H groups in total. The molecule has 0 bridgehead atoms. The number of carboxylic acids is 1. The summed E-state index contributed by atoms with van der Waals surface area (Å²) in [6.07, 6.45) is 1.74. The minimum Gasteiger partial charge on any atom is -0.497 e. The number of methoxy groups -OCH3 is 1. The minimum atomic E-state index is -0.944. The van der Waals surface area contributed by atoms with Crippen LogP contribution in [0.3, 0.4) is 0 Å². The molecule has 106 valence electrons. The van der Waals surface area contributed by atoms with Gasteiger partial charge in [-0.2, -0.15) is 5.10 Å². The van der Waals surface area contributed by atoms with Gasteiger partial charge in [0.25, 0.3) is 0 Å². The molecule has 3 rings (SSSR count). The van der Waals surface area contributed by atoms with Crippen LogP contribution in [0.1, 0.15) is 11.6 Å². The normalized spacial score (nSPS) is 12.2. The highest BCUT2D eigenvalue weighted by molar-refractivity contribution is 5.81. The van der Waals surface area contributed by atoms with Gasteiger partial charge in [0, 0.05) is 17.6 Å². The lowest BCUT2D eigenvalue weighted by atomic mass is 10.1. The third kappa shape index (κ3) is 2.45. The second-order valence-electron chi connectivity index (χ2n) is 4.69. The van der Waals surface area contributed by atoms with Crippen molar-refractivity contribution in [3.05, 3.63) is 60.3 Å². The van der Waals surface area contributed by atoms with Gasteiger partial charge in [-0.25, -0.2) is 4.79 Å². The second kappa shape index (κ2) is 5.28. The summed E-state index contributed by atoms with van der Waals surface area (Å²) < 4.78 is 6.63. The molecule has 0 amide bonds. The third-order valence-corrected chi connectivity index (χ3v) is 3.35. The molecule has 1 heterocycles. The van der Waals surface area contributed by atoms with Gasteiger partial charge >= 0.3 is 5.97 Å². The molecule has 0 aliphatic carbocycles. The van der Waals surface area contributed by atoms with E-state index in [2.05, 4.69) is 5.10 Å². The molecule has 0 aliphatic rings. The van der Waals surface area contributed by atoms with Gasteiger partial charge in [0.1, 0.15) is 5.75 Å². The lowest BCUT2D eigenvalue weighted by molar-refractivity contribution is -0.139. The van der Waals surface area contributed by atoms with Crippen molar-refractivity contribution < 1.29 is 14.6 Å². The maximum absolute atomic E-state index is 11.6. The first-order chi connectivity index (χ1) is 10.2. The summed E-state index contributed by atoms with van der Waals surface area (Å²) in [5.41, 5.74) is 1.39. The molecule has 21 heavy (non-hydrogen) atoms. The van der Waals surface area contributed by atoms with Crippen molar-refractivity contribution in [2.45, 2.75) is 6.04 Å². The summed E-state index contributed by atoms with van der Waals surface area (Å²) in [6.45, 7) is 0. The van der Waals surface area contributed by atoms with E-state index in [9.17, 15) is 9.90 Å².